The Bertz CT molecular complexity index is 1100. The molecule has 7 nitrogen and oxygen atoms in total. The molecule has 2 aliphatic rings. The number of hydrogen-bond donors (Lipinski definition) is 0. The Morgan fingerprint density at radius 1 is 1.16 bits per heavy atom. The second-order valence-electron chi connectivity index (χ2n) is 8.57. The fourth-order valence-electron chi connectivity index (χ4n) is 4.60. The normalized spacial score (nSPS) is 22.0. The van der Waals surface area contributed by atoms with Gasteiger partial charge in [-0.05, 0) is 42.0 Å². The molecule has 32 heavy (non-hydrogen) atoms. The van der Waals surface area contributed by atoms with Crippen molar-refractivity contribution < 1.29 is 14.3 Å². The summed E-state index contributed by atoms with van der Waals surface area (Å²) in [7, 11) is 0. The zero-order chi connectivity index (χ0) is 22.1. The highest BCUT2D eigenvalue weighted by Crippen LogP contribution is 2.37. The van der Waals surface area contributed by atoms with E-state index in [2.05, 4.69) is 28.8 Å². The summed E-state index contributed by atoms with van der Waals surface area (Å²) in [6.45, 7) is 5.29. The highest BCUT2D eigenvalue weighted by molar-refractivity contribution is 7.13. The lowest BCUT2D eigenvalue weighted by molar-refractivity contribution is 0.0444. The van der Waals surface area contributed by atoms with Gasteiger partial charge in [0.15, 0.2) is 22.3 Å². The van der Waals surface area contributed by atoms with Crippen LogP contribution in [0.25, 0.3) is 10.8 Å². The number of nitrogens with zero attached hydrogens (tertiary/aromatic N) is 4. The van der Waals surface area contributed by atoms with E-state index in [0.717, 1.165) is 29.9 Å². The predicted molar refractivity (Wildman–Crippen MR) is 122 cm³/mol. The molecule has 166 valence electrons. The van der Waals surface area contributed by atoms with Gasteiger partial charge in [0.2, 0.25) is 6.79 Å². The van der Waals surface area contributed by atoms with Crippen LogP contribution < -0.4 is 9.47 Å². The summed E-state index contributed by atoms with van der Waals surface area (Å²) in [5, 5.41) is 2.47. The van der Waals surface area contributed by atoms with Gasteiger partial charge in [-0.2, -0.15) is 0 Å². The number of amides is 1. The van der Waals surface area contributed by atoms with Crippen LogP contribution in [0.1, 0.15) is 49.2 Å². The van der Waals surface area contributed by atoms with Crippen molar-refractivity contribution in [3.63, 3.8) is 0 Å². The highest BCUT2D eigenvalue weighted by atomic mass is 32.1. The van der Waals surface area contributed by atoms with Crippen LogP contribution in [0.4, 0.5) is 0 Å². The molecule has 0 spiro atoms. The molecule has 1 aliphatic heterocycles. The fraction of sp³-hybridized carbons (Fsp3) is 0.417. The maximum absolute atomic E-state index is 13.8. The molecule has 1 saturated carbocycles. The monoisotopic (exact) mass is 450 g/mol. The van der Waals surface area contributed by atoms with Crippen LogP contribution in [-0.2, 0) is 6.54 Å². The first-order valence-electron chi connectivity index (χ1n) is 11.0. The van der Waals surface area contributed by atoms with Crippen molar-refractivity contribution in [2.24, 2.45) is 11.8 Å². The van der Waals surface area contributed by atoms with Crippen molar-refractivity contribution in [3.05, 3.63) is 53.3 Å². The SMILES string of the molecule is CC1CCCC(N(Cc2ccc3c(c2)OCO3)C(=O)c2csc(-c3ncccn3)n2)C1C. The molecule has 0 bridgehead atoms. The molecule has 1 amide bonds. The standard InChI is InChI=1S/C24H26N4O3S/c1-15-5-3-6-19(16(15)2)28(12-17-7-8-20-21(11-17)31-14-30-20)24(29)18-13-32-23(27-18)22-25-9-4-10-26-22/h4,7-11,13,15-16,19H,3,5-6,12,14H2,1-2H3. The number of carbonyl (C=O) groups excluding carboxylic acids is 1. The average Bonchev–Trinajstić information content (AvgIpc) is 3.49. The van der Waals surface area contributed by atoms with Crippen molar-refractivity contribution in [1.29, 1.82) is 0 Å². The third kappa shape index (κ3) is 4.07. The molecule has 2 aromatic heterocycles. The van der Waals surface area contributed by atoms with Crippen LogP contribution >= 0.6 is 11.3 Å². The molecule has 3 atom stereocenters. The maximum atomic E-state index is 13.8. The first-order chi connectivity index (χ1) is 15.6. The molecule has 1 fully saturated rings. The van der Waals surface area contributed by atoms with E-state index in [9.17, 15) is 4.79 Å². The Kier molecular flexibility index (Phi) is 5.78. The summed E-state index contributed by atoms with van der Waals surface area (Å²) in [6, 6.07) is 7.83. The second-order valence-corrected chi connectivity index (χ2v) is 9.42. The lowest BCUT2D eigenvalue weighted by Crippen LogP contribution is -2.47. The molecular formula is C24H26N4O3S. The third-order valence-corrected chi connectivity index (χ3v) is 7.43. The number of carbonyl (C=O) groups is 1. The van der Waals surface area contributed by atoms with Crippen molar-refractivity contribution in [2.75, 3.05) is 6.79 Å². The fourth-order valence-corrected chi connectivity index (χ4v) is 5.34. The third-order valence-electron chi connectivity index (χ3n) is 6.60. The van der Waals surface area contributed by atoms with Crippen LogP contribution in [0, 0.1) is 11.8 Å². The van der Waals surface area contributed by atoms with Crippen LogP contribution in [0.2, 0.25) is 0 Å². The van der Waals surface area contributed by atoms with Gasteiger partial charge >= 0.3 is 0 Å². The van der Waals surface area contributed by atoms with Gasteiger partial charge in [0, 0.05) is 30.4 Å². The van der Waals surface area contributed by atoms with E-state index in [0.29, 0.717) is 34.9 Å². The van der Waals surface area contributed by atoms with E-state index in [-0.39, 0.29) is 18.7 Å². The van der Waals surface area contributed by atoms with E-state index in [4.69, 9.17) is 9.47 Å². The van der Waals surface area contributed by atoms with Gasteiger partial charge < -0.3 is 14.4 Å². The van der Waals surface area contributed by atoms with Gasteiger partial charge in [-0.3, -0.25) is 4.79 Å². The average molecular weight is 451 g/mol. The van der Waals surface area contributed by atoms with E-state index in [1.165, 1.54) is 17.8 Å². The van der Waals surface area contributed by atoms with Crippen LogP contribution in [0.3, 0.4) is 0 Å². The predicted octanol–water partition coefficient (Wildman–Crippen LogP) is 4.80. The van der Waals surface area contributed by atoms with Crippen molar-refractivity contribution >= 4 is 17.2 Å². The van der Waals surface area contributed by atoms with E-state index >= 15 is 0 Å². The number of aromatic nitrogens is 3. The molecule has 3 heterocycles. The smallest absolute Gasteiger partial charge is 0.273 e. The highest BCUT2D eigenvalue weighted by Gasteiger charge is 2.35. The molecule has 0 N–H and O–H groups in total. The lowest BCUT2D eigenvalue weighted by Gasteiger charge is -2.41. The van der Waals surface area contributed by atoms with Gasteiger partial charge in [0.05, 0.1) is 0 Å². The second kappa shape index (κ2) is 8.86. The van der Waals surface area contributed by atoms with E-state index < -0.39 is 0 Å². The van der Waals surface area contributed by atoms with Gasteiger partial charge in [-0.15, -0.1) is 11.3 Å². The number of thiazole rings is 1. The van der Waals surface area contributed by atoms with Gasteiger partial charge in [-0.25, -0.2) is 15.0 Å². The summed E-state index contributed by atoms with van der Waals surface area (Å²) < 4.78 is 11.0. The Hall–Kier alpha value is -3.00. The van der Waals surface area contributed by atoms with Crippen LogP contribution in [-0.4, -0.2) is 38.6 Å². The Morgan fingerprint density at radius 3 is 2.81 bits per heavy atom. The topological polar surface area (TPSA) is 77.4 Å². The van der Waals surface area contributed by atoms with Crippen LogP contribution in [0.5, 0.6) is 11.5 Å². The molecule has 8 heteroatoms. The number of benzene rings is 1. The first-order valence-corrected chi connectivity index (χ1v) is 11.9. The molecule has 0 saturated heterocycles. The maximum Gasteiger partial charge on any atom is 0.273 e. The molecule has 3 unspecified atom stereocenters. The number of fused-ring (bicyclic) bond motifs is 1. The first kappa shape index (κ1) is 20.9. The lowest BCUT2D eigenvalue weighted by atomic mass is 9.77. The minimum absolute atomic E-state index is 0.0490. The summed E-state index contributed by atoms with van der Waals surface area (Å²) in [5.41, 5.74) is 1.47. The van der Waals surface area contributed by atoms with Crippen molar-refractivity contribution in [1.82, 2.24) is 19.9 Å². The zero-order valence-electron chi connectivity index (χ0n) is 18.2. The quantitative estimate of drug-likeness (QED) is 0.556. The van der Waals surface area contributed by atoms with Gasteiger partial charge in [0.25, 0.3) is 5.91 Å². The Balaban J connectivity index is 1.45. The summed E-state index contributed by atoms with van der Waals surface area (Å²) in [5.74, 6) is 2.96. The summed E-state index contributed by atoms with van der Waals surface area (Å²) in [4.78, 5) is 28.9. The zero-order valence-corrected chi connectivity index (χ0v) is 19.0. The molecule has 5 rings (SSSR count). The Labute approximate surface area is 191 Å². The van der Waals surface area contributed by atoms with Gasteiger partial charge in [-0.1, -0.05) is 32.8 Å². The van der Waals surface area contributed by atoms with Gasteiger partial charge in [0.1, 0.15) is 5.69 Å². The van der Waals surface area contributed by atoms with Crippen molar-refractivity contribution in [3.8, 4) is 22.3 Å². The number of ether oxygens (including phenoxy) is 2. The van der Waals surface area contributed by atoms with E-state index in [1.807, 2.05) is 28.5 Å². The van der Waals surface area contributed by atoms with Crippen molar-refractivity contribution in [2.45, 2.75) is 45.7 Å². The minimum Gasteiger partial charge on any atom is -0.454 e. The summed E-state index contributed by atoms with van der Waals surface area (Å²) in [6.07, 6.45) is 6.70. The molecule has 3 aromatic rings. The minimum atomic E-state index is -0.0490. The molecular weight excluding hydrogens is 424 g/mol. The summed E-state index contributed by atoms with van der Waals surface area (Å²) >= 11 is 1.40. The van der Waals surface area contributed by atoms with E-state index in [1.54, 1.807) is 18.5 Å². The number of hydrogen-bond acceptors (Lipinski definition) is 7. The largest absolute Gasteiger partial charge is 0.454 e. The molecule has 1 aliphatic carbocycles. The van der Waals surface area contributed by atoms with Crippen LogP contribution in [0.15, 0.2) is 42.0 Å². The Morgan fingerprint density at radius 2 is 1.97 bits per heavy atom. The molecule has 1 aromatic carbocycles. The number of rotatable bonds is 5. The molecule has 0 radical (unpaired) electrons.